The van der Waals surface area contributed by atoms with Gasteiger partial charge in [0, 0.05) is 5.75 Å². The summed E-state index contributed by atoms with van der Waals surface area (Å²) in [5.41, 5.74) is 0.831. The second-order valence-electron chi connectivity index (χ2n) is 5.16. The Balaban J connectivity index is 1.60. The van der Waals surface area contributed by atoms with Gasteiger partial charge >= 0.3 is 6.18 Å². The number of hydrogen-bond acceptors (Lipinski definition) is 5. The molecule has 5 nitrogen and oxygen atoms in total. The summed E-state index contributed by atoms with van der Waals surface area (Å²) in [5, 5.41) is 8.64. The average molecular weight is 369 g/mol. The lowest BCUT2D eigenvalue weighted by atomic mass is 10.2. The van der Waals surface area contributed by atoms with E-state index in [-0.39, 0.29) is 5.75 Å². The molecule has 0 saturated carbocycles. The first-order valence-electron chi connectivity index (χ1n) is 7.31. The van der Waals surface area contributed by atoms with E-state index in [1.54, 1.807) is 30.8 Å². The van der Waals surface area contributed by atoms with Crippen LogP contribution in [-0.2, 0) is 12.3 Å². The molecule has 0 N–H and O–H groups in total. The number of alkyl halides is 3. The molecule has 0 atom stereocenters. The van der Waals surface area contributed by atoms with Crippen molar-refractivity contribution in [2.45, 2.75) is 23.6 Å². The minimum absolute atomic E-state index is 0.187. The molecule has 0 radical (unpaired) electrons. The van der Waals surface area contributed by atoms with Gasteiger partial charge in [-0.25, -0.2) is 0 Å². The van der Waals surface area contributed by atoms with Crippen LogP contribution in [0.15, 0.2) is 58.6 Å². The van der Waals surface area contributed by atoms with Gasteiger partial charge in [0.25, 0.3) is 0 Å². The summed E-state index contributed by atoms with van der Waals surface area (Å²) in [6.45, 7) is -0.794. The molecule has 0 spiro atoms. The molecule has 2 heterocycles. The van der Waals surface area contributed by atoms with E-state index in [2.05, 4.69) is 10.2 Å². The average Bonchev–Trinajstić information content (AvgIpc) is 3.23. The molecular formula is C16H14F3N3O2S. The molecule has 1 aromatic carbocycles. The number of benzene rings is 1. The summed E-state index contributed by atoms with van der Waals surface area (Å²) in [7, 11) is 0. The van der Waals surface area contributed by atoms with Crippen molar-refractivity contribution in [3.63, 3.8) is 0 Å². The van der Waals surface area contributed by atoms with Crippen LogP contribution in [0.2, 0.25) is 0 Å². The molecule has 3 aromatic rings. The van der Waals surface area contributed by atoms with Crippen molar-refractivity contribution in [1.29, 1.82) is 0 Å². The highest BCUT2D eigenvalue weighted by Crippen LogP contribution is 2.25. The third-order valence-corrected chi connectivity index (χ3v) is 4.21. The number of halogens is 3. The Morgan fingerprint density at radius 1 is 1.20 bits per heavy atom. The summed E-state index contributed by atoms with van der Waals surface area (Å²) in [6, 6.07) is 10.2. The van der Waals surface area contributed by atoms with Crippen molar-refractivity contribution in [1.82, 2.24) is 14.8 Å². The molecule has 0 fully saturated rings. The van der Waals surface area contributed by atoms with Gasteiger partial charge < -0.3 is 13.7 Å². The maximum absolute atomic E-state index is 12.2. The number of aromatic nitrogens is 3. The Bertz CT molecular complexity index is 803. The third-order valence-electron chi connectivity index (χ3n) is 3.16. The van der Waals surface area contributed by atoms with Crippen molar-refractivity contribution < 1.29 is 22.3 Å². The lowest BCUT2D eigenvalue weighted by Crippen LogP contribution is -2.19. The molecule has 0 amide bonds. The smallest absolute Gasteiger partial charge is 0.422 e. The van der Waals surface area contributed by atoms with Crippen LogP contribution in [0, 0.1) is 0 Å². The molecule has 132 valence electrons. The van der Waals surface area contributed by atoms with Gasteiger partial charge in [0.2, 0.25) is 0 Å². The third kappa shape index (κ3) is 5.28. The second-order valence-corrected chi connectivity index (χ2v) is 6.10. The normalized spacial score (nSPS) is 11.6. The summed E-state index contributed by atoms with van der Waals surface area (Å²) >= 11 is 1.43. The zero-order valence-electron chi connectivity index (χ0n) is 12.9. The first-order valence-corrected chi connectivity index (χ1v) is 8.30. The van der Waals surface area contributed by atoms with Gasteiger partial charge in [0.15, 0.2) is 11.8 Å². The standard InChI is InChI=1S/C16H14F3N3O2S/c17-16(18,19)10-24-13-4-1-3-12(7-13)9-25-15-21-20-11-22(15)8-14-5-2-6-23-14/h1-7,11H,8-10H2. The Hall–Kier alpha value is -2.42. The largest absolute Gasteiger partial charge is 0.484 e. The van der Waals surface area contributed by atoms with Gasteiger partial charge in [-0.05, 0) is 29.8 Å². The van der Waals surface area contributed by atoms with Gasteiger partial charge in [-0.2, -0.15) is 13.2 Å². The van der Waals surface area contributed by atoms with Gasteiger partial charge in [-0.3, -0.25) is 0 Å². The summed E-state index contributed by atoms with van der Waals surface area (Å²) in [6.07, 6.45) is -1.15. The van der Waals surface area contributed by atoms with Crippen LogP contribution in [0.25, 0.3) is 0 Å². The molecule has 9 heteroatoms. The number of thioether (sulfide) groups is 1. The summed E-state index contributed by atoms with van der Waals surface area (Å²) in [4.78, 5) is 0. The lowest BCUT2D eigenvalue weighted by molar-refractivity contribution is -0.153. The topological polar surface area (TPSA) is 53.1 Å². The maximum atomic E-state index is 12.2. The van der Waals surface area contributed by atoms with E-state index in [0.717, 1.165) is 11.3 Å². The van der Waals surface area contributed by atoms with E-state index < -0.39 is 12.8 Å². The predicted octanol–water partition coefficient (Wildman–Crippen LogP) is 4.15. The molecule has 0 unspecified atom stereocenters. The van der Waals surface area contributed by atoms with Gasteiger partial charge in [0.1, 0.15) is 17.8 Å². The van der Waals surface area contributed by atoms with Gasteiger partial charge in [-0.15, -0.1) is 10.2 Å². The van der Waals surface area contributed by atoms with Gasteiger partial charge in [0.05, 0.1) is 12.8 Å². The minimum atomic E-state index is -4.35. The first-order chi connectivity index (χ1) is 12.0. The van der Waals surface area contributed by atoms with Crippen LogP contribution in [0.3, 0.4) is 0 Å². The van der Waals surface area contributed by atoms with Crippen LogP contribution in [0.5, 0.6) is 5.75 Å². The van der Waals surface area contributed by atoms with Crippen LogP contribution in [0.1, 0.15) is 11.3 Å². The maximum Gasteiger partial charge on any atom is 0.422 e. The number of rotatable bonds is 7. The molecule has 0 bridgehead atoms. The lowest BCUT2D eigenvalue weighted by Gasteiger charge is -2.10. The zero-order chi connectivity index (χ0) is 17.7. The highest BCUT2D eigenvalue weighted by atomic mass is 32.2. The number of ether oxygens (including phenoxy) is 1. The van der Waals surface area contributed by atoms with E-state index in [4.69, 9.17) is 9.15 Å². The highest BCUT2D eigenvalue weighted by Gasteiger charge is 2.28. The van der Waals surface area contributed by atoms with Crippen LogP contribution < -0.4 is 4.74 Å². The molecule has 0 saturated heterocycles. The van der Waals surface area contributed by atoms with E-state index in [9.17, 15) is 13.2 Å². The Labute approximate surface area is 145 Å². The number of hydrogen-bond donors (Lipinski definition) is 0. The molecule has 2 aromatic heterocycles. The summed E-state index contributed by atoms with van der Waals surface area (Å²) < 4.78 is 48.6. The second kappa shape index (κ2) is 7.64. The number of nitrogens with zero attached hydrogens (tertiary/aromatic N) is 3. The van der Waals surface area contributed by atoms with E-state index in [1.807, 2.05) is 16.7 Å². The SMILES string of the molecule is FC(F)(F)COc1cccc(CSc2nncn2Cc2ccco2)c1. The quantitative estimate of drug-likeness (QED) is 0.586. The molecule has 0 aliphatic heterocycles. The fourth-order valence-electron chi connectivity index (χ4n) is 2.07. The molecule has 25 heavy (non-hydrogen) atoms. The Morgan fingerprint density at radius 3 is 2.84 bits per heavy atom. The van der Waals surface area contributed by atoms with Crippen LogP contribution in [-0.4, -0.2) is 27.5 Å². The molecule has 0 aliphatic carbocycles. The van der Waals surface area contributed by atoms with Crippen molar-refractivity contribution >= 4 is 11.8 Å². The fraction of sp³-hybridized carbons (Fsp3) is 0.250. The van der Waals surface area contributed by atoms with Crippen molar-refractivity contribution in [2.24, 2.45) is 0 Å². The minimum Gasteiger partial charge on any atom is -0.484 e. The highest BCUT2D eigenvalue weighted by molar-refractivity contribution is 7.98. The van der Waals surface area contributed by atoms with Crippen molar-refractivity contribution in [3.05, 3.63) is 60.3 Å². The fourth-order valence-corrected chi connectivity index (χ4v) is 2.93. The van der Waals surface area contributed by atoms with Crippen molar-refractivity contribution in [2.75, 3.05) is 6.61 Å². The predicted molar refractivity (Wildman–Crippen MR) is 85.4 cm³/mol. The Morgan fingerprint density at radius 2 is 2.08 bits per heavy atom. The van der Waals surface area contributed by atoms with E-state index in [1.165, 1.54) is 17.8 Å². The summed E-state index contributed by atoms with van der Waals surface area (Å²) in [5.74, 6) is 1.50. The zero-order valence-corrected chi connectivity index (χ0v) is 13.8. The molecule has 3 rings (SSSR count). The van der Waals surface area contributed by atoms with Crippen LogP contribution >= 0.6 is 11.8 Å². The molecule has 0 aliphatic rings. The number of furan rings is 1. The Kier molecular flexibility index (Phi) is 5.32. The first kappa shape index (κ1) is 17.4. The van der Waals surface area contributed by atoms with Crippen molar-refractivity contribution in [3.8, 4) is 5.75 Å². The monoisotopic (exact) mass is 369 g/mol. The molecular weight excluding hydrogens is 355 g/mol. The van der Waals surface area contributed by atoms with E-state index >= 15 is 0 Å². The van der Waals surface area contributed by atoms with Crippen LogP contribution in [0.4, 0.5) is 13.2 Å². The van der Waals surface area contributed by atoms with E-state index in [0.29, 0.717) is 17.5 Å². The van der Waals surface area contributed by atoms with Gasteiger partial charge in [-0.1, -0.05) is 23.9 Å².